The minimum absolute atomic E-state index is 0.0357. The van der Waals surface area contributed by atoms with Crippen LogP contribution in [0.3, 0.4) is 0 Å². The maximum absolute atomic E-state index is 13.1. The smallest absolute Gasteiger partial charge is 0.257 e. The van der Waals surface area contributed by atoms with Crippen molar-refractivity contribution in [3.63, 3.8) is 0 Å². The molecule has 1 N–H and O–H groups in total. The molecule has 1 aromatic carbocycles. The lowest BCUT2D eigenvalue weighted by molar-refractivity contribution is 0.102. The molecular formula is C19H25ClN4O3S2. The van der Waals surface area contributed by atoms with Gasteiger partial charge in [0.15, 0.2) is 0 Å². The molecule has 2 heterocycles. The molecule has 0 unspecified atom stereocenters. The summed E-state index contributed by atoms with van der Waals surface area (Å²) in [5.74, 6) is -0.00394. The maximum Gasteiger partial charge on any atom is 0.257 e. The van der Waals surface area contributed by atoms with Crippen molar-refractivity contribution >= 4 is 44.0 Å². The number of amides is 1. The molecule has 0 saturated carbocycles. The molecule has 7 nitrogen and oxygen atoms in total. The normalized spacial score (nSPS) is 16.0. The van der Waals surface area contributed by atoms with Crippen molar-refractivity contribution in [1.82, 2.24) is 14.5 Å². The summed E-state index contributed by atoms with van der Waals surface area (Å²) in [6.07, 6.45) is 4.47. The van der Waals surface area contributed by atoms with Gasteiger partial charge < -0.3 is 0 Å². The van der Waals surface area contributed by atoms with Gasteiger partial charge in [0.1, 0.15) is 9.90 Å². The van der Waals surface area contributed by atoms with Crippen LogP contribution >= 0.6 is 22.9 Å². The van der Waals surface area contributed by atoms with Gasteiger partial charge in [0.05, 0.1) is 5.02 Å². The van der Waals surface area contributed by atoms with Crippen LogP contribution in [0.4, 0.5) is 5.13 Å². The molecule has 1 aliphatic heterocycles. The molecule has 0 aliphatic carbocycles. The zero-order valence-corrected chi connectivity index (χ0v) is 18.9. The topological polar surface area (TPSA) is 92.3 Å². The summed E-state index contributed by atoms with van der Waals surface area (Å²) in [5, 5.41) is 12.1. The first kappa shape index (κ1) is 22.1. The zero-order chi connectivity index (χ0) is 21.0. The average Bonchev–Trinajstić information content (AvgIpc) is 2.92. The number of nitrogens with zero attached hydrogens (tertiary/aromatic N) is 3. The Morgan fingerprint density at radius 2 is 1.90 bits per heavy atom. The van der Waals surface area contributed by atoms with Gasteiger partial charge in [0.2, 0.25) is 15.2 Å². The third-order valence-electron chi connectivity index (χ3n) is 4.65. The Labute approximate surface area is 180 Å². The van der Waals surface area contributed by atoms with Crippen molar-refractivity contribution in [2.75, 3.05) is 18.4 Å². The Kier molecular flexibility index (Phi) is 7.26. The summed E-state index contributed by atoms with van der Waals surface area (Å²) in [4.78, 5) is 12.6. The molecule has 29 heavy (non-hydrogen) atoms. The van der Waals surface area contributed by atoms with Gasteiger partial charge in [-0.25, -0.2) is 8.42 Å². The molecule has 2 aromatic rings. The van der Waals surface area contributed by atoms with E-state index in [-0.39, 0.29) is 15.5 Å². The van der Waals surface area contributed by atoms with E-state index in [1.807, 2.05) is 0 Å². The van der Waals surface area contributed by atoms with Crippen molar-refractivity contribution in [3.8, 4) is 0 Å². The van der Waals surface area contributed by atoms with Crippen LogP contribution in [0.1, 0.15) is 54.9 Å². The predicted molar refractivity (Wildman–Crippen MR) is 115 cm³/mol. The van der Waals surface area contributed by atoms with Crippen LogP contribution in [0, 0.1) is 5.92 Å². The van der Waals surface area contributed by atoms with Gasteiger partial charge in [0.25, 0.3) is 5.91 Å². The summed E-state index contributed by atoms with van der Waals surface area (Å²) in [7, 11) is -3.76. The molecule has 1 aromatic heterocycles. The first-order valence-electron chi connectivity index (χ1n) is 9.71. The number of hydrogen-bond acceptors (Lipinski definition) is 6. The molecule has 1 fully saturated rings. The minimum Gasteiger partial charge on any atom is -0.296 e. The van der Waals surface area contributed by atoms with E-state index in [0.717, 1.165) is 37.1 Å². The largest absolute Gasteiger partial charge is 0.296 e. The van der Waals surface area contributed by atoms with E-state index in [9.17, 15) is 13.2 Å². The van der Waals surface area contributed by atoms with Gasteiger partial charge in [0, 0.05) is 25.1 Å². The highest BCUT2D eigenvalue weighted by atomic mass is 35.5. The molecule has 1 saturated heterocycles. The first-order chi connectivity index (χ1) is 13.8. The lowest BCUT2D eigenvalue weighted by Gasteiger charge is -2.21. The molecule has 1 amide bonds. The predicted octanol–water partition coefficient (Wildman–Crippen LogP) is 4.21. The molecule has 1 aliphatic rings. The molecule has 10 heteroatoms. The fourth-order valence-electron chi connectivity index (χ4n) is 3.17. The monoisotopic (exact) mass is 456 g/mol. The van der Waals surface area contributed by atoms with E-state index >= 15 is 0 Å². The molecule has 0 radical (unpaired) electrons. The van der Waals surface area contributed by atoms with E-state index in [1.54, 1.807) is 0 Å². The van der Waals surface area contributed by atoms with E-state index in [1.165, 1.54) is 33.8 Å². The van der Waals surface area contributed by atoms with Crippen LogP contribution in [0.25, 0.3) is 0 Å². The Morgan fingerprint density at radius 1 is 1.21 bits per heavy atom. The Morgan fingerprint density at radius 3 is 2.55 bits per heavy atom. The summed E-state index contributed by atoms with van der Waals surface area (Å²) in [5.41, 5.74) is 0.211. The lowest BCUT2D eigenvalue weighted by Crippen LogP contribution is -2.32. The number of rotatable bonds is 6. The standard InChI is InChI=1S/C19H25ClN4O3S2/c1-13(2)11-17-22-23-19(28-17)21-18(25)14-7-8-15(20)16(12-14)29(26,27)24-9-5-3-4-6-10-24/h7-8,12-13H,3-6,9-11H2,1-2H3,(H,21,23,25). The van der Waals surface area contributed by atoms with E-state index < -0.39 is 15.9 Å². The van der Waals surface area contributed by atoms with Gasteiger partial charge in [-0.05, 0) is 37.0 Å². The van der Waals surface area contributed by atoms with Gasteiger partial charge in [-0.15, -0.1) is 10.2 Å². The summed E-state index contributed by atoms with van der Waals surface area (Å²) >= 11 is 7.51. The average molecular weight is 457 g/mol. The zero-order valence-electron chi connectivity index (χ0n) is 16.5. The third kappa shape index (κ3) is 5.53. The van der Waals surface area contributed by atoms with Crippen molar-refractivity contribution in [2.24, 2.45) is 5.92 Å². The maximum atomic E-state index is 13.1. The second kappa shape index (κ2) is 9.51. The molecular weight excluding hydrogens is 432 g/mol. The SMILES string of the molecule is CC(C)Cc1nnc(NC(=O)c2ccc(Cl)c(S(=O)(=O)N3CCCCCC3)c2)s1. The summed E-state index contributed by atoms with van der Waals surface area (Å²) in [6, 6.07) is 4.30. The van der Waals surface area contributed by atoms with Crippen LogP contribution in [-0.4, -0.2) is 41.9 Å². The minimum atomic E-state index is -3.76. The number of benzene rings is 1. The number of aromatic nitrogens is 2. The molecule has 158 valence electrons. The van der Waals surface area contributed by atoms with Gasteiger partial charge in [-0.1, -0.05) is 49.6 Å². The van der Waals surface area contributed by atoms with Crippen molar-refractivity contribution in [3.05, 3.63) is 33.8 Å². The fourth-order valence-corrected chi connectivity index (χ4v) is 6.13. The van der Waals surface area contributed by atoms with Crippen molar-refractivity contribution < 1.29 is 13.2 Å². The quantitative estimate of drug-likeness (QED) is 0.702. The highest BCUT2D eigenvalue weighted by molar-refractivity contribution is 7.89. The molecule has 3 rings (SSSR count). The van der Waals surface area contributed by atoms with Crippen molar-refractivity contribution in [2.45, 2.75) is 50.8 Å². The number of carbonyl (C=O) groups excluding carboxylic acids is 1. The Bertz CT molecular complexity index is 968. The van der Waals surface area contributed by atoms with Gasteiger partial charge in [-0.3, -0.25) is 10.1 Å². The van der Waals surface area contributed by atoms with Crippen LogP contribution < -0.4 is 5.32 Å². The number of carbonyl (C=O) groups is 1. The number of anilines is 1. The van der Waals surface area contributed by atoms with Crippen LogP contribution in [-0.2, 0) is 16.4 Å². The van der Waals surface area contributed by atoms with Crippen LogP contribution in [0.15, 0.2) is 23.1 Å². The number of sulfonamides is 1. The molecule has 0 spiro atoms. The summed E-state index contributed by atoms with van der Waals surface area (Å²) in [6.45, 7) is 5.11. The van der Waals surface area contributed by atoms with Gasteiger partial charge in [-0.2, -0.15) is 4.31 Å². The highest BCUT2D eigenvalue weighted by Gasteiger charge is 2.28. The molecule has 0 bridgehead atoms. The van der Waals surface area contributed by atoms with E-state index in [2.05, 4.69) is 29.4 Å². The number of hydrogen-bond donors (Lipinski definition) is 1. The number of nitrogens with one attached hydrogen (secondary N) is 1. The lowest BCUT2D eigenvalue weighted by atomic mass is 10.1. The fraction of sp³-hybridized carbons (Fsp3) is 0.526. The Balaban J connectivity index is 1.80. The van der Waals surface area contributed by atoms with Crippen molar-refractivity contribution in [1.29, 1.82) is 0 Å². The van der Waals surface area contributed by atoms with Crippen LogP contribution in [0.2, 0.25) is 5.02 Å². The van der Waals surface area contributed by atoms with Gasteiger partial charge >= 0.3 is 0 Å². The third-order valence-corrected chi connectivity index (χ3v) is 7.89. The second-order valence-electron chi connectivity index (χ2n) is 7.52. The van der Waals surface area contributed by atoms with E-state index in [0.29, 0.717) is 24.1 Å². The number of halogens is 1. The summed E-state index contributed by atoms with van der Waals surface area (Å²) < 4.78 is 27.6. The Hall–Kier alpha value is -1.55. The highest BCUT2D eigenvalue weighted by Crippen LogP contribution is 2.28. The van der Waals surface area contributed by atoms with E-state index in [4.69, 9.17) is 11.6 Å². The molecule has 0 atom stereocenters. The first-order valence-corrected chi connectivity index (χ1v) is 12.3. The van der Waals surface area contributed by atoms with Crippen LogP contribution in [0.5, 0.6) is 0 Å². The second-order valence-corrected chi connectivity index (χ2v) is 10.9.